The van der Waals surface area contributed by atoms with E-state index >= 15 is 0 Å². The number of anilines is 1. The minimum absolute atomic E-state index is 0.0243. The Morgan fingerprint density at radius 3 is 2.89 bits per heavy atom. The Morgan fingerprint density at radius 1 is 1.21 bits per heavy atom. The van der Waals surface area contributed by atoms with E-state index in [9.17, 15) is 9.59 Å². The summed E-state index contributed by atoms with van der Waals surface area (Å²) in [4.78, 5) is 28.1. The lowest BCUT2D eigenvalue weighted by Gasteiger charge is -2.27. The number of thiophene rings is 1. The van der Waals surface area contributed by atoms with Crippen LogP contribution in [0.25, 0.3) is 5.69 Å². The molecule has 8 heteroatoms. The molecule has 3 heterocycles. The van der Waals surface area contributed by atoms with Gasteiger partial charge in [-0.1, -0.05) is 12.1 Å². The highest BCUT2D eigenvalue weighted by molar-refractivity contribution is 9.10. The van der Waals surface area contributed by atoms with Crippen LogP contribution < -0.4 is 5.32 Å². The van der Waals surface area contributed by atoms with E-state index in [0.717, 1.165) is 23.1 Å². The van der Waals surface area contributed by atoms with Crippen LogP contribution in [-0.4, -0.2) is 33.0 Å². The van der Waals surface area contributed by atoms with E-state index in [4.69, 9.17) is 0 Å². The van der Waals surface area contributed by atoms with Crippen molar-refractivity contribution in [3.05, 3.63) is 63.0 Å². The molecule has 28 heavy (non-hydrogen) atoms. The Labute approximate surface area is 175 Å². The molecule has 0 saturated carbocycles. The zero-order valence-corrected chi connectivity index (χ0v) is 17.5. The molecule has 4 rings (SSSR count). The number of nitrogens with one attached hydrogen (secondary N) is 1. The number of carbonyl (C=O) groups is 2. The Morgan fingerprint density at radius 2 is 2.07 bits per heavy atom. The van der Waals surface area contributed by atoms with E-state index in [1.165, 1.54) is 10.4 Å². The molecule has 3 aromatic rings. The normalized spacial score (nSPS) is 13.2. The largest absolute Gasteiger partial charge is 0.338 e. The number of rotatable bonds is 5. The van der Waals surface area contributed by atoms with Crippen LogP contribution in [-0.2, 0) is 22.6 Å². The fraction of sp³-hybridized carbons (Fsp3) is 0.250. The molecule has 1 aromatic carbocycles. The maximum Gasteiger partial charge on any atom is 0.224 e. The van der Waals surface area contributed by atoms with Crippen LogP contribution in [0.4, 0.5) is 5.69 Å². The summed E-state index contributed by atoms with van der Waals surface area (Å²) in [6, 6.07) is 9.53. The lowest BCUT2D eigenvalue weighted by Crippen LogP contribution is -2.35. The number of halogens is 1. The van der Waals surface area contributed by atoms with Gasteiger partial charge in [-0.2, -0.15) is 5.10 Å². The molecule has 0 unspecified atom stereocenters. The Kier molecular flexibility index (Phi) is 5.59. The van der Waals surface area contributed by atoms with Crippen LogP contribution in [0.1, 0.15) is 23.3 Å². The third kappa shape index (κ3) is 4.18. The highest BCUT2D eigenvalue weighted by atomic mass is 79.9. The van der Waals surface area contributed by atoms with Crippen molar-refractivity contribution in [3.63, 3.8) is 0 Å². The second-order valence-electron chi connectivity index (χ2n) is 6.60. The number of carbonyl (C=O) groups excluding carboxylic acids is 2. The van der Waals surface area contributed by atoms with Crippen LogP contribution in [0.3, 0.4) is 0 Å². The zero-order chi connectivity index (χ0) is 19.5. The van der Waals surface area contributed by atoms with Crippen molar-refractivity contribution in [1.82, 2.24) is 14.7 Å². The van der Waals surface area contributed by atoms with Gasteiger partial charge < -0.3 is 10.2 Å². The van der Waals surface area contributed by atoms with Crippen molar-refractivity contribution >= 4 is 44.8 Å². The number of hydrogen-bond acceptors (Lipinski definition) is 4. The second-order valence-corrected chi connectivity index (χ2v) is 8.52. The molecule has 144 valence electrons. The maximum atomic E-state index is 12.5. The summed E-state index contributed by atoms with van der Waals surface area (Å²) in [5.74, 6) is -0.156. The molecule has 0 saturated heterocycles. The smallest absolute Gasteiger partial charge is 0.224 e. The fourth-order valence-corrected chi connectivity index (χ4v) is 4.44. The van der Waals surface area contributed by atoms with Gasteiger partial charge in [0, 0.05) is 37.0 Å². The highest BCUT2D eigenvalue weighted by Gasteiger charge is 2.22. The average molecular weight is 459 g/mol. The van der Waals surface area contributed by atoms with E-state index in [-0.39, 0.29) is 24.7 Å². The quantitative estimate of drug-likeness (QED) is 0.627. The fourth-order valence-electron chi connectivity index (χ4n) is 3.26. The van der Waals surface area contributed by atoms with E-state index in [0.29, 0.717) is 12.2 Å². The number of fused-ring (bicyclic) bond motifs is 1. The molecule has 0 atom stereocenters. The molecule has 1 aliphatic rings. The van der Waals surface area contributed by atoms with Crippen molar-refractivity contribution in [2.45, 2.75) is 25.8 Å². The standard InChI is InChI=1S/C20H19BrN4O2S/c21-15-11-22-25(13-15)17-4-2-1-3-16(17)23-19(26)5-6-20(27)24-9-7-18-14(12-24)8-10-28-18/h1-4,8,10-11,13H,5-7,9,12H2,(H,23,26). The van der Waals surface area contributed by atoms with Gasteiger partial charge in [-0.3, -0.25) is 9.59 Å². The first kappa shape index (κ1) is 18.9. The van der Waals surface area contributed by atoms with Crippen molar-refractivity contribution < 1.29 is 9.59 Å². The Hall–Kier alpha value is -2.45. The van der Waals surface area contributed by atoms with E-state index in [1.54, 1.807) is 22.2 Å². The summed E-state index contributed by atoms with van der Waals surface area (Å²) in [6.45, 7) is 1.38. The molecule has 0 fully saturated rings. The van der Waals surface area contributed by atoms with Crippen LogP contribution in [0.15, 0.2) is 52.6 Å². The maximum absolute atomic E-state index is 12.5. The highest BCUT2D eigenvalue weighted by Crippen LogP contribution is 2.25. The number of amides is 2. The molecule has 2 aromatic heterocycles. The second kappa shape index (κ2) is 8.28. The first-order chi connectivity index (χ1) is 13.6. The summed E-state index contributed by atoms with van der Waals surface area (Å²) in [5, 5.41) is 9.24. The van der Waals surface area contributed by atoms with Gasteiger partial charge in [0.25, 0.3) is 0 Å². The minimum Gasteiger partial charge on any atom is -0.338 e. The van der Waals surface area contributed by atoms with Crippen LogP contribution in [0.5, 0.6) is 0 Å². The van der Waals surface area contributed by atoms with Gasteiger partial charge in [0.2, 0.25) is 11.8 Å². The third-order valence-electron chi connectivity index (χ3n) is 4.70. The van der Waals surface area contributed by atoms with Gasteiger partial charge in [-0.05, 0) is 51.5 Å². The molecule has 0 bridgehead atoms. The van der Waals surface area contributed by atoms with E-state index in [1.807, 2.05) is 35.4 Å². The topological polar surface area (TPSA) is 67.2 Å². The monoisotopic (exact) mass is 458 g/mol. The van der Waals surface area contributed by atoms with Crippen LogP contribution in [0, 0.1) is 0 Å². The van der Waals surface area contributed by atoms with Gasteiger partial charge >= 0.3 is 0 Å². The van der Waals surface area contributed by atoms with Gasteiger partial charge in [0.15, 0.2) is 0 Å². The predicted molar refractivity (Wildman–Crippen MR) is 113 cm³/mol. The van der Waals surface area contributed by atoms with E-state index < -0.39 is 0 Å². The molecule has 0 aliphatic carbocycles. The lowest BCUT2D eigenvalue weighted by atomic mass is 10.1. The number of para-hydroxylation sites is 2. The van der Waals surface area contributed by atoms with Crippen molar-refractivity contribution in [2.24, 2.45) is 0 Å². The van der Waals surface area contributed by atoms with Crippen molar-refractivity contribution in [3.8, 4) is 5.69 Å². The molecule has 1 aliphatic heterocycles. The molecule has 0 radical (unpaired) electrons. The average Bonchev–Trinajstić information content (AvgIpc) is 3.34. The summed E-state index contributed by atoms with van der Waals surface area (Å²) >= 11 is 5.13. The SMILES string of the molecule is O=C(CCC(=O)N1CCc2sccc2C1)Nc1ccccc1-n1cc(Br)cn1. The number of benzene rings is 1. The van der Waals surface area contributed by atoms with Crippen molar-refractivity contribution in [1.29, 1.82) is 0 Å². The number of nitrogens with zero attached hydrogens (tertiary/aromatic N) is 3. The summed E-state index contributed by atoms with van der Waals surface area (Å²) < 4.78 is 2.55. The minimum atomic E-state index is -0.180. The van der Waals surface area contributed by atoms with Gasteiger partial charge in [0.05, 0.1) is 22.0 Å². The van der Waals surface area contributed by atoms with Crippen LogP contribution >= 0.6 is 27.3 Å². The molecule has 1 N–H and O–H groups in total. The first-order valence-corrected chi connectivity index (χ1v) is 10.7. The number of aromatic nitrogens is 2. The van der Waals surface area contributed by atoms with Gasteiger partial charge in [0.1, 0.15) is 0 Å². The van der Waals surface area contributed by atoms with Gasteiger partial charge in [-0.25, -0.2) is 4.68 Å². The lowest BCUT2D eigenvalue weighted by molar-refractivity contribution is -0.133. The van der Waals surface area contributed by atoms with Crippen LogP contribution in [0.2, 0.25) is 0 Å². The number of hydrogen-bond donors (Lipinski definition) is 1. The molecular weight excluding hydrogens is 440 g/mol. The summed E-state index contributed by atoms with van der Waals surface area (Å²) in [7, 11) is 0. The van der Waals surface area contributed by atoms with Crippen molar-refractivity contribution in [2.75, 3.05) is 11.9 Å². The third-order valence-corrected chi connectivity index (χ3v) is 6.13. The first-order valence-electron chi connectivity index (χ1n) is 9.02. The predicted octanol–water partition coefficient (Wildman–Crippen LogP) is 4.00. The molecule has 0 spiro atoms. The van der Waals surface area contributed by atoms with Gasteiger partial charge in [-0.15, -0.1) is 11.3 Å². The molecule has 2 amide bonds. The Bertz CT molecular complexity index is 1010. The molecule has 6 nitrogen and oxygen atoms in total. The summed E-state index contributed by atoms with van der Waals surface area (Å²) in [5.41, 5.74) is 2.67. The Balaban J connectivity index is 1.35. The zero-order valence-electron chi connectivity index (χ0n) is 15.1. The summed E-state index contributed by atoms with van der Waals surface area (Å²) in [6.07, 6.45) is 4.78. The molecular formula is C20H19BrN4O2S. The van der Waals surface area contributed by atoms with E-state index in [2.05, 4.69) is 37.8 Å².